The predicted molar refractivity (Wildman–Crippen MR) is 51.5 cm³/mol. The molecule has 0 aromatic carbocycles. The molecule has 1 saturated heterocycles. The number of hydrogen-bond donors (Lipinski definition) is 0. The predicted octanol–water partition coefficient (Wildman–Crippen LogP) is 1.73. The van der Waals surface area contributed by atoms with Crippen molar-refractivity contribution in [3.8, 4) is 12.1 Å². The molecule has 4 nitrogen and oxygen atoms in total. The van der Waals surface area contributed by atoms with Gasteiger partial charge in [-0.2, -0.15) is 10.5 Å². The van der Waals surface area contributed by atoms with Crippen molar-refractivity contribution in [3.63, 3.8) is 0 Å². The van der Waals surface area contributed by atoms with Crippen LogP contribution in [0.2, 0.25) is 0 Å². The fourth-order valence-electron chi connectivity index (χ4n) is 0.634. The van der Waals surface area contributed by atoms with Crippen LogP contribution in [0.1, 0.15) is 0 Å². The summed E-state index contributed by atoms with van der Waals surface area (Å²) in [5.74, 6) is 0.494. The summed E-state index contributed by atoms with van der Waals surface area (Å²) in [6.07, 6.45) is 0. The molecule has 1 rings (SSSR count). The minimum Gasteiger partial charge on any atom is -0.327 e. The van der Waals surface area contributed by atoms with Gasteiger partial charge in [0.05, 0.1) is 10.1 Å². The Labute approximate surface area is 84.2 Å². The smallest absolute Gasteiger partial charge is 0.287 e. The molecule has 1 aliphatic heterocycles. The van der Waals surface area contributed by atoms with Gasteiger partial charge in [-0.15, -0.1) is 0 Å². The van der Waals surface area contributed by atoms with E-state index in [2.05, 4.69) is 0 Å². The van der Waals surface area contributed by atoms with Crippen LogP contribution < -0.4 is 0 Å². The zero-order valence-electron chi connectivity index (χ0n) is 6.77. The van der Waals surface area contributed by atoms with Gasteiger partial charge in [-0.05, 0) is 11.8 Å². The molecule has 0 unspecified atom stereocenters. The second-order valence-electron chi connectivity index (χ2n) is 2.23. The van der Waals surface area contributed by atoms with Crippen molar-refractivity contribution in [2.24, 2.45) is 0 Å². The largest absolute Gasteiger partial charge is 0.327 e. The van der Waals surface area contributed by atoms with Gasteiger partial charge in [-0.25, -0.2) is 0 Å². The van der Waals surface area contributed by atoms with Crippen LogP contribution in [0.5, 0.6) is 0 Å². The third-order valence-corrected chi connectivity index (χ3v) is 3.77. The van der Waals surface area contributed by atoms with Crippen LogP contribution in [0.15, 0.2) is 9.81 Å². The van der Waals surface area contributed by atoms with E-state index in [0.29, 0.717) is 10.1 Å². The molecule has 13 heavy (non-hydrogen) atoms. The molecule has 0 saturated carbocycles. The summed E-state index contributed by atoms with van der Waals surface area (Å²) < 4.78 is 0.508. The highest BCUT2D eigenvalue weighted by Gasteiger charge is 2.22. The molecule has 0 N–H and O–H groups in total. The van der Waals surface area contributed by atoms with Crippen molar-refractivity contribution in [2.75, 3.05) is 12.9 Å². The number of allylic oxidation sites excluding steroid dienone is 1. The maximum atomic E-state index is 11.2. The number of amides is 1. The average molecular weight is 211 g/mol. The minimum atomic E-state index is -0.128. The van der Waals surface area contributed by atoms with Gasteiger partial charge >= 0.3 is 0 Å². The first-order valence-electron chi connectivity index (χ1n) is 3.29. The van der Waals surface area contributed by atoms with Gasteiger partial charge in [0.1, 0.15) is 17.7 Å². The summed E-state index contributed by atoms with van der Waals surface area (Å²) in [6, 6.07) is 3.53. The maximum absolute atomic E-state index is 11.2. The molecule has 0 spiro atoms. The third kappa shape index (κ3) is 2.18. The van der Waals surface area contributed by atoms with E-state index in [4.69, 9.17) is 10.5 Å². The molecule has 1 fully saturated rings. The molecular weight excluding hydrogens is 206 g/mol. The standard InChI is InChI=1S/C7H5N3OS2/c1-10-4-12-6(13-7(10)11)5(2-8)3-9/h4H2,1H3. The lowest BCUT2D eigenvalue weighted by Gasteiger charge is -2.22. The lowest BCUT2D eigenvalue weighted by atomic mass is 10.4. The molecular formula is C7H5N3OS2. The van der Waals surface area contributed by atoms with Crippen molar-refractivity contribution < 1.29 is 4.79 Å². The van der Waals surface area contributed by atoms with Crippen LogP contribution in [-0.2, 0) is 0 Å². The van der Waals surface area contributed by atoms with Crippen molar-refractivity contribution >= 4 is 28.8 Å². The van der Waals surface area contributed by atoms with Gasteiger partial charge in [0.15, 0.2) is 0 Å². The average Bonchev–Trinajstić information content (AvgIpc) is 2.13. The second kappa shape index (κ2) is 4.22. The Balaban J connectivity index is 2.89. The van der Waals surface area contributed by atoms with Crippen molar-refractivity contribution in [3.05, 3.63) is 9.81 Å². The lowest BCUT2D eigenvalue weighted by molar-refractivity contribution is 0.239. The van der Waals surface area contributed by atoms with Crippen molar-refractivity contribution in [1.29, 1.82) is 10.5 Å². The van der Waals surface area contributed by atoms with Gasteiger partial charge < -0.3 is 4.90 Å². The van der Waals surface area contributed by atoms with E-state index >= 15 is 0 Å². The van der Waals surface area contributed by atoms with Crippen LogP contribution in [0.4, 0.5) is 4.79 Å². The lowest BCUT2D eigenvalue weighted by Crippen LogP contribution is -2.25. The maximum Gasteiger partial charge on any atom is 0.287 e. The first kappa shape index (κ1) is 9.97. The molecule has 1 heterocycles. The summed E-state index contributed by atoms with van der Waals surface area (Å²) >= 11 is 2.27. The molecule has 0 atom stereocenters. The first-order chi connectivity index (χ1) is 6.19. The van der Waals surface area contributed by atoms with Gasteiger partial charge in [0, 0.05) is 7.05 Å². The van der Waals surface area contributed by atoms with Crippen LogP contribution in [-0.4, -0.2) is 23.1 Å². The van der Waals surface area contributed by atoms with Gasteiger partial charge in [-0.1, -0.05) is 11.8 Å². The number of thioether (sulfide) groups is 2. The summed E-state index contributed by atoms with van der Waals surface area (Å²) in [5, 5.41) is 17.0. The van der Waals surface area contributed by atoms with Crippen LogP contribution in [0.25, 0.3) is 0 Å². The molecule has 0 aliphatic carbocycles. The number of carbonyl (C=O) groups is 1. The van der Waals surface area contributed by atoms with Gasteiger partial charge in [0.25, 0.3) is 5.24 Å². The Kier molecular flexibility index (Phi) is 3.24. The van der Waals surface area contributed by atoms with E-state index in [0.717, 1.165) is 11.8 Å². The first-order valence-corrected chi connectivity index (χ1v) is 5.09. The zero-order valence-corrected chi connectivity index (χ0v) is 8.41. The second-order valence-corrected chi connectivity index (χ2v) is 4.40. The normalized spacial score (nSPS) is 16.4. The molecule has 0 bridgehead atoms. The van der Waals surface area contributed by atoms with E-state index in [1.807, 2.05) is 0 Å². The van der Waals surface area contributed by atoms with E-state index in [-0.39, 0.29) is 10.8 Å². The fourth-order valence-corrected chi connectivity index (χ4v) is 2.56. The van der Waals surface area contributed by atoms with Crippen molar-refractivity contribution in [2.45, 2.75) is 0 Å². The quantitative estimate of drug-likeness (QED) is 0.571. The molecule has 6 heteroatoms. The topological polar surface area (TPSA) is 67.9 Å². The molecule has 0 radical (unpaired) electrons. The zero-order chi connectivity index (χ0) is 9.84. The number of carbonyl (C=O) groups excluding carboxylic acids is 1. The number of hydrogen-bond acceptors (Lipinski definition) is 5. The number of rotatable bonds is 0. The third-order valence-electron chi connectivity index (χ3n) is 1.31. The van der Waals surface area contributed by atoms with E-state index in [1.165, 1.54) is 16.7 Å². The molecule has 0 aromatic rings. The van der Waals surface area contributed by atoms with E-state index < -0.39 is 0 Å². The number of nitrogens with zero attached hydrogens (tertiary/aromatic N) is 3. The molecule has 0 aromatic heterocycles. The van der Waals surface area contributed by atoms with Crippen LogP contribution >= 0.6 is 23.5 Å². The highest BCUT2D eigenvalue weighted by Crippen LogP contribution is 2.37. The van der Waals surface area contributed by atoms with E-state index in [1.54, 1.807) is 19.2 Å². The molecule has 1 aliphatic rings. The molecule has 1 amide bonds. The summed E-state index contributed by atoms with van der Waals surface area (Å²) in [7, 11) is 1.68. The SMILES string of the molecule is CN1CSC(=C(C#N)C#N)SC1=O. The molecule has 66 valence electrons. The van der Waals surface area contributed by atoms with Crippen molar-refractivity contribution in [1.82, 2.24) is 4.90 Å². The minimum absolute atomic E-state index is 0.0245. The Hall–Kier alpha value is -1.11. The van der Waals surface area contributed by atoms with Crippen LogP contribution in [0, 0.1) is 22.7 Å². The fraction of sp³-hybridized carbons (Fsp3) is 0.286. The Morgan fingerprint density at radius 3 is 2.62 bits per heavy atom. The number of nitriles is 2. The highest BCUT2D eigenvalue weighted by atomic mass is 32.2. The van der Waals surface area contributed by atoms with Gasteiger partial charge in [-0.3, -0.25) is 4.79 Å². The summed E-state index contributed by atoms with van der Waals surface area (Å²) in [4.78, 5) is 12.7. The highest BCUT2D eigenvalue weighted by molar-refractivity contribution is 8.30. The summed E-state index contributed by atoms with van der Waals surface area (Å²) in [5.41, 5.74) is 0.0245. The Morgan fingerprint density at radius 1 is 1.54 bits per heavy atom. The Bertz CT molecular complexity index is 334. The Morgan fingerprint density at radius 2 is 2.15 bits per heavy atom. The van der Waals surface area contributed by atoms with Crippen LogP contribution in [0.3, 0.4) is 0 Å². The van der Waals surface area contributed by atoms with Gasteiger partial charge in [0.2, 0.25) is 0 Å². The van der Waals surface area contributed by atoms with E-state index in [9.17, 15) is 4.79 Å². The summed E-state index contributed by atoms with van der Waals surface area (Å²) in [6.45, 7) is 0. The monoisotopic (exact) mass is 211 g/mol.